The molecule has 2 aromatic carbocycles. The predicted octanol–water partition coefficient (Wildman–Crippen LogP) is 2.76. The maximum atomic E-state index is 12.4. The second-order valence-electron chi connectivity index (χ2n) is 6.56. The zero-order valence-electron chi connectivity index (χ0n) is 15.4. The minimum Gasteiger partial charge on any atom is -0.447 e. The van der Waals surface area contributed by atoms with Crippen LogP contribution in [0.3, 0.4) is 0 Å². The molecule has 7 nitrogen and oxygen atoms in total. The first-order valence-electron chi connectivity index (χ1n) is 9.26. The second kappa shape index (κ2) is 9.55. The molecule has 0 unspecified atom stereocenters. The van der Waals surface area contributed by atoms with Gasteiger partial charge in [-0.2, -0.15) is 0 Å². The molecule has 0 radical (unpaired) electrons. The van der Waals surface area contributed by atoms with Crippen LogP contribution in [0.1, 0.15) is 30.9 Å². The highest BCUT2D eigenvalue weighted by molar-refractivity contribution is 5.89. The van der Waals surface area contributed by atoms with Crippen LogP contribution >= 0.6 is 0 Å². The number of amides is 3. The standard InChI is InChI=1S/C21H23N3O4/c25-18(13-14-22-21(27)24-16-9-5-2-6-10-16)28-19(15-7-3-1-4-8-15)20(26)23-17-11-12-17/h1-10,17,19H,11-14H2,(H,23,26)(H2,22,24,27)/t19-/m0/s1. The molecule has 1 atom stereocenters. The molecular formula is C21H23N3O4. The molecule has 3 N–H and O–H groups in total. The van der Waals surface area contributed by atoms with Gasteiger partial charge in [0, 0.05) is 23.8 Å². The Balaban J connectivity index is 1.47. The number of nitrogens with one attached hydrogen (secondary N) is 3. The fourth-order valence-corrected chi connectivity index (χ4v) is 2.57. The molecule has 0 bridgehead atoms. The number of hydrogen-bond acceptors (Lipinski definition) is 4. The highest BCUT2D eigenvalue weighted by Crippen LogP contribution is 2.23. The van der Waals surface area contributed by atoms with E-state index in [1.807, 2.05) is 24.3 Å². The Kier molecular flexibility index (Phi) is 6.62. The first-order valence-corrected chi connectivity index (χ1v) is 9.26. The lowest BCUT2D eigenvalue weighted by Gasteiger charge is -2.18. The third-order valence-electron chi connectivity index (χ3n) is 4.16. The van der Waals surface area contributed by atoms with E-state index in [0.717, 1.165) is 12.8 Å². The van der Waals surface area contributed by atoms with Crippen molar-refractivity contribution in [1.82, 2.24) is 10.6 Å². The maximum absolute atomic E-state index is 12.4. The van der Waals surface area contributed by atoms with Crippen LogP contribution in [0.2, 0.25) is 0 Å². The topological polar surface area (TPSA) is 96.5 Å². The van der Waals surface area contributed by atoms with Gasteiger partial charge in [-0.15, -0.1) is 0 Å². The quantitative estimate of drug-likeness (QED) is 0.613. The van der Waals surface area contributed by atoms with E-state index in [4.69, 9.17) is 4.74 Å². The number of para-hydroxylation sites is 1. The van der Waals surface area contributed by atoms with E-state index in [1.54, 1.807) is 36.4 Å². The van der Waals surface area contributed by atoms with Crippen molar-refractivity contribution in [1.29, 1.82) is 0 Å². The summed E-state index contributed by atoms with van der Waals surface area (Å²) in [6.45, 7) is 0.100. The van der Waals surface area contributed by atoms with E-state index < -0.39 is 18.1 Å². The van der Waals surface area contributed by atoms with Gasteiger partial charge in [-0.05, 0) is 25.0 Å². The fourth-order valence-electron chi connectivity index (χ4n) is 2.57. The smallest absolute Gasteiger partial charge is 0.319 e. The van der Waals surface area contributed by atoms with Gasteiger partial charge in [-0.3, -0.25) is 9.59 Å². The Bertz CT molecular complexity index is 807. The Labute approximate surface area is 163 Å². The van der Waals surface area contributed by atoms with E-state index in [-0.39, 0.29) is 24.9 Å². The van der Waals surface area contributed by atoms with Crippen LogP contribution in [0.25, 0.3) is 0 Å². The van der Waals surface area contributed by atoms with Gasteiger partial charge < -0.3 is 20.7 Å². The molecule has 0 aromatic heterocycles. The third kappa shape index (κ3) is 6.12. The second-order valence-corrected chi connectivity index (χ2v) is 6.56. The monoisotopic (exact) mass is 381 g/mol. The van der Waals surface area contributed by atoms with E-state index in [9.17, 15) is 14.4 Å². The van der Waals surface area contributed by atoms with Crippen molar-refractivity contribution in [2.75, 3.05) is 11.9 Å². The lowest BCUT2D eigenvalue weighted by molar-refractivity contribution is -0.156. The number of carbonyl (C=O) groups excluding carboxylic acids is 3. The van der Waals surface area contributed by atoms with E-state index >= 15 is 0 Å². The largest absolute Gasteiger partial charge is 0.447 e. The summed E-state index contributed by atoms with van der Waals surface area (Å²) in [4.78, 5) is 36.5. The van der Waals surface area contributed by atoms with E-state index in [0.29, 0.717) is 11.3 Å². The van der Waals surface area contributed by atoms with Gasteiger partial charge in [0.1, 0.15) is 0 Å². The number of hydrogen-bond donors (Lipinski definition) is 3. The molecule has 146 valence electrons. The first-order chi connectivity index (χ1) is 13.6. The molecule has 7 heteroatoms. The van der Waals surface area contributed by atoms with Crippen LogP contribution in [-0.2, 0) is 14.3 Å². The van der Waals surface area contributed by atoms with Crippen molar-refractivity contribution < 1.29 is 19.1 Å². The van der Waals surface area contributed by atoms with Gasteiger partial charge >= 0.3 is 12.0 Å². The average molecular weight is 381 g/mol. The van der Waals surface area contributed by atoms with Gasteiger partial charge in [0.2, 0.25) is 6.10 Å². The number of carbonyl (C=O) groups is 3. The molecule has 1 fully saturated rings. The summed E-state index contributed by atoms with van der Waals surface area (Å²) < 4.78 is 5.40. The molecule has 2 aromatic rings. The summed E-state index contributed by atoms with van der Waals surface area (Å²) in [7, 11) is 0. The van der Waals surface area contributed by atoms with Crippen molar-refractivity contribution in [2.24, 2.45) is 0 Å². The Hall–Kier alpha value is -3.35. The summed E-state index contributed by atoms with van der Waals surface area (Å²) in [5.41, 5.74) is 1.27. The Morgan fingerprint density at radius 1 is 0.964 bits per heavy atom. The summed E-state index contributed by atoms with van der Waals surface area (Å²) in [6.07, 6.45) is 0.860. The van der Waals surface area contributed by atoms with Gasteiger partial charge in [-0.1, -0.05) is 48.5 Å². The van der Waals surface area contributed by atoms with E-state index in [2.05, 4.69) is 16.0 Å². The molecule has 0 spiro atoms. The van der Waals surface area contributed by atoms with Gasteiger partial charge in [0.25, 0.3) is 5.91 Å². The van der Waals surface area contributed by atoms with Crippen LogP contribution in [0.15, 0.2) is 60.7 Å². The number of benzene rings is 2. The average Bonchev–Trinajstić information content (AvgIpc) is 3.51. The van der Waals surface area contributed by atoms with Crippen LogP contribution in [0, 0.1) is 0 Å². The number of rotatable bonds is 8. The highest BCUT2D eigenvalue weighted by atomic mass is 16.5. The summed E-state index contributed by atoms with van der Waals surface area (Å²) in [6, 6.07) is 17.6. The van der Waals surface area contributed by atoms with Crippen molar-refractivity contribution in [3.63, 3.8) is 0 Å². The molecule has 3 rings (SSSR count). The van der Waals surface area contributed by atoms with Crippen LogP contribution in [0.4, 0.5) is 10.5 Å². The SMILES string of the molecule is O=C(NCCC(=O)O[C@H](C(=O)NC1CC1)c1ccccc1)Nc1ccccc1. The van der Waals surface area contributed by atoms with Crippen molar-refractivity contribution in [2.45, 2.75) is 31.4 Å². The minimum absolute atomic E-state index is 0.0394. The molecule has 1 saturated carbocycles. The highest BCUT2D eigenvalue weighted by Gasteiger charge is 2.30. The molecule has 0 saturated heterocycles. The first kappa shape index (κ1) is 19.4. The zero-order valence-corrected chi connectivity index (χ0v) is 15.4. The predicted molar refractivity (Wildman–Crippen MR) is 105 cm³/mol. The molecule has 1 aliphatic rings. The van der Waals surface area contributed by atoms with Crippen molar-refractivity contribution in [3.8, 4) is 0 Å². The van der Waals surface area contributed by atoms with E-state index in [1.165, 1.54) is 0 Å². The lowest BCUT2D eigenvalue weighted by atomic mass is 10.1. The van der Waals surface area contributed by atoms with Crippen LogP contribution < -0.4 is 16.0 Å². The van der Waals surface area contributed by atoms with Gasteiger partial charge in [0.15, 0.2) is 0 Å². The van der Waals surface area contributed by atoms with Crippen molar-refractivity contribution >= 4 is 23.6 Å². The van der Waals surface area contributed by atoms with Gasteiger partial charge in [-0.25, -0.2) is 4.79 Å². The normalized spacial score (nSPS) is 13.9. The maximum Gasteiger partial charge on any atom is 0.319 e. The van der Waals surface area contributed by atoms with Crippen LogP contribution in [-0.4, -0.2) is 30.5 Å². The summed E-state index contributed by atoms with van der Waals surface area (Å²) in [5.74, 6) is -0.878. The minimum atomic E-state index is -0.993. The fraction of sp³-hybridized carbons (Fsp3) is 0.286. The third-order valence-corrected chi connectivity index (χ3v) is 4.16. The molecule has 3 amide bonds. The lowest BCUT2D eigenvalue weighted by Crippen LogP contribution is -2.35. The Morgan fingerprint density at radius 2 is 1.61 bits per heavy atom. The van der Waals surface area contributed by atoms with Crippen molar-refractivity contribution in [3.05, 3.63) is 66.2 Å². The summed E-state index contributed by atoms with van der Waals surface area (Å²) >= 11 is 0. The zero-order chi connectivity index (χ0) is 19.8. The number of ether oxygens (including phenoxy) is 1. The summed E-state index contributed by atoms with van der Waals surface area (Å²) in [5, 5.41) is 8.12. The molecule has 0 aliphatic heterocycles. The molecular weight excluding hydrogens is 358 g/mol. The Morgan fingerprint density at radius 3 is 2.25 bits per heavy atom. The molecule has 28 heavy (non-hydrogen) atoms. The number of esters is 1. The number of anilines is 1. The van der Waals surface area contributed by atoms with Gasteiger partial charge in [0.05, 0.1) is 6.42 Å². The van der Waals surface area contributed by atoms with Crippen LogP contribution in [0.5, 0.6) is 0 Å². The molecule has 1 aliphatic carbocycles. The number of urea groups is 1. The molecule has 0 heterocycles.